The Morgan fingerprint density at radius 1 is 1.21 bits per heavy atom. The van der Waals surface area contributed by atoms with Crippen molar-refractivity contribution < 1.29 is 14.0 Å². The standard InChI is InChI=1S/C21H31FN4O2S/c1-4-18-19(27)26(20(29-18)16-7-5-6-8-17(16)22)14-11-24-9-12-25(13-10-24)21(28)23-15(2)3/h5-8,15,18,20H,4,9-14H2,1-3H3,(H,23,28). The van der Waals surface area contributed by atoms with Gasteiger partial charge in [0.1, 0.15) is 11.2 Å². The average Bonchev–Trinajstić information content (AvgIpc) is 3.02. The second kappa shape index (κ2) is 9.80. The number of amides is 3. The largest absolute Gasteiger partial charge is 0.336 e. The number of rotatable bonds is 6. The SMILES string of the molecule is CCC1SC(c2ccccc2F)N(CCN2CCN(C(=O)NC(C)C)CC2)C1=O. The molecular formula is C21H31FN4O2S. The molecule has 0 saturated carbocycles. The van der Waals surface area contributed by atoms with Gasteiger partial charge in [-0.15, -0.1) is 11.8 Å². The first-order valence-corrected chi connectivity index (χ1v) is 11.3. The number of carbonyl (C=O) groups excluding carboxylic acids is 2. The van der Waals surface area contributed by atoms with Crippen molar-refractivity contribution in [1.82, 2.24) is 20.0 Å². The van der Waals surface area contributed by atoms with Gasteiger partial charge in [0, 0.05) is 50.9 Å². The molecule has 0 spiro atoms. The van der Waals surface area contributed by atoms with Crippen LogP contribution in [0.4, 0.5) is 9.18 Å². The van der Waals surface area contributed by atoms with Crippen LogP contribution in [0, 0.1) is 5.82 Å². The van der Waals surface area contributed by atoms with E-state index in [1.807, 2.05) is 36.6 Å². The summed E-state index contributed by atoms with van der Waals surface area (Å²) >= 11 is 1.55. The van der Waals surface area contributed by atoms with Gasteiger partial charge < -0.3 is 15.1 Å². The monoisotopic (exact) mass is 422 g/mol. The third kappa shape index (κ3) is 5.22. The van der Waals surface area contributed by atoms with E-state index in [1.165, 1.54) is 6.07 Å². The predicted octanol–water partition coefficient (Wildman–Crippen LogP) is 2.91. The zero-order chi connectivity index (χ0) is 21.0. The van der Waals surface area contributed by atoms with Gasteiger partial charge in [-0.05, 0) is 26.3 Å². The van der Waals surface area contributed by atoms with Gasteiger partial charge in [0.2, 0.25) is 5.91 Å². The number of urea groups is 1. The molecule has 2 aliphatic heterocycles. The zero-order valence-corrected chi connectivity index (χ0v) is 18.3. The summed E-state index contributed by atoms with van der Waals surface area (Å²) in [5, 5.41) is 2.54. The van der Waals surface area contributed by atoms with E-state index in [4.69, 9.17) is 0 Å². The van der Waals surface area contributed by atoms with E-state index < -0.39 is 0 Å². The molecule has 0 radical (unpaired) electrons. The molecule has 0 aromatic heterocycles. The van der Waals surface area contributed by atoms with Crippen molar-refractivity contribution >= 4 is 23.7 Å². The molecule has 2 saturated heterocycles. The topological polar surface area (TPSA) is 55.9 Å². The molecule has 160 valence electrons. The Hall–Kier alpha value is -1.80. The van der Waals surface area contributed by atoms with Crippen LogP contribution < -0.4 is 5.32 Å². The van der Waals surface area contributed by atoms with Crippen molar-refractivity contribution in [2.45, 2.75) is 43.9 Å². The minimum atomic E-state index is -0.272. The van der Waals surface area contributed by atoms with Crippen molar-refractivity contribution in [2.75, 3.05) is 39.3 Å². The molecule has 2 fully saturated rings. The second-order valence-electron chi connectivity index (χ2n) is 7.87. The summed E-state index contributed by atoms with van der Waals surface area (Å²) in [5.74, 6) is -0.162. The molecule has 29 heavy (non-hydrogen) atoms. The van der Waals surface area contributed by atoms with Crippen LogP contribution in [0.5, 0.6) is 0 Å². The summed E-state index contributed by atoms with van der Waals surface area (Å²) in [7, 11) is 0. The number of carbonyl (C=O) groups is 2. The van der Waals surface area contributed by atoms with E-state index >= 15 is 0 Å². The highest BCUT2D eigenvalue weighted by Crippen LogP contribution is 2.44. The molecule has 2 atom stereocenters. The van der Waals surface area contributed by atoms with Crippen LogP contribution in [0.15, 0.2) is 24.3 Å². The molecule has 1 aromatic rings. The lowest BCUT2D eigenvalue weighted by atomic mass is 10.2. The molecular weight excluding hydrogens is 391 g/mol. The first-order valence-electron chi connectivity index (χ1n) is 10.4. The third-order valence-electron chi connectivity index (χ3n) is 5.41. The van der Waals surface area contributed by atoms with Crippen molar-refractivity contribution in [2.24, 2.45) is 0 Å². The quantitative estimate of drug-likeness (QED) is 0.766. The van der Waals surface area contributed by atoms with Gasteiger partial charge in [-0.2, -0.15) is 0 Å². The highest BCUT2D eigenvalue weighted by atomic mass is 32.2. The number of benzene rings is 1. The lowest BCUT2D eigenvalue weighted by molar-refractivity contribution is -0.130. The zero-order valence-electron chi connectivity index (χ0n) is 17.4. The second-order valence-corrected chi connectivity index (χ2v) is 9.16. The fourth-order valence-corrected chi connectivity index (χ4v) is 5.21. The van der Waals surface area contributed by atoms with Gasteiger partial charge in [0.15, 0.2) is 0 Å². The maximum Gasteiger partial charge on any atom is 0.317 e. The minimum absolute atomic E-state index is 0.0174. The number of halogens is 1. The van der Waals surface area contributed by atoms with Gasteiger partial charge in [-0.3, -0.25) is 9.69 Å². The number of thioether (sulfide) groups is 1. The van der Waals surface area contributed by atoms with Gasteiger partial charge in [0.05, 0.1) is 5.25 Å². The summed E-state index contributed by atoms with van der Waals surface area (Å²) < 4.78 is 14.4. The summed E-state index contributed by atoms with van der Waals surface area (Å²) in [5.41, 5.74) is 0.581. The molecule has 1 N–H and O–H groups in total. The van der Waals surface area contributed by atoms with E-state index in [0.29, 0.717) is 25.2 Å². The number of nitrogens with one attached hydrogen (secondary N) is 1. The fraction of sp³-hybridized carbons (Fsp3) is 0.619. The summed E-state index contributed by atoms with van der Waals surface area (Å²) in [4.78, 5) is 30.9. The first kappa shape index (κ1) is 21.9. The molecule has 8 heteroatoms. The van der Waals surface area contributed by atoms with Crippen LogP contribution in [0.3, 0.4) is 0 Å². The Balaban J connectivity index is 1.58. The molecule has 6 nitrogen and oxygen atoms in total. The maximum atomic E-state index is 14.4. The van der Waals surface area contributed by atoms with Crippen LogP contribution in [0.25, 0.3) is 0 Å². The van der Waals surface area contributed by atoms with E-state index in [9.17, 15) is 14.0 Å². The Bertz CT molecular complexity index is 724. The maximum absolute atomic E-state index is 14.4. The first-order chi connectivity index (χ1) is 13.9. The summed E-state index contributed by atoms with van der Waals surface area (Å²) in [6, 6.07) is 6.84. The number of hydrogen-bond acceptors (Lipinski definition) is 4. The Morgan fingerprint density at radius 2 is 1.90 bits per heavy atom. The molecule has 2 aliphatic rings. The van der Waals surface area contributed by atoms with Crippen molar-refractivity contribution in [1.29, 1.82) is 0 Å². The van der Waals surface area contributed by atoms with E-state index in [1.54, 1.807) is 23.9 Å². The van der Waals surface area contributed by atoms with Gasteiger partial charge in [-0.25, -0.2) is 9.18 Å². The number of piperazine rings is 1. The molecule has 0 bridgehead atoms. The van der Waals surface area contributed by atoms with Gasteiger partial charge in [-0.1, -0.05) is 25.1 Å². The highest BCUT2D eigenvalue weighted by molar-refractivity contribution is 8.01. The molecule has 2 heterocycles. The third-order valence-corrected chi connectivity index (χ3v) is 7.04. The molecule has 1 aromatic carbocycles. The molecule has 2 unspecified atom stereocenters. The van der Waals surface area contributed by atoms with Crippen LogP contribution in [0.1, 0.15) is 38.1 Å². The smallest absolute Gasteiger partial charge is 0.317 e. The lowest BCUT2D eigenvalue weighted by Gasteiger charge is -2.36. The minimum Gasteiger partial charge on any atom is -0.336 e. The Labute approximate surface area is 176 Å². The van der Waals surface area contributed by atoms with E-state index in [0.717, 1.165) is 26.1 Å². The van der Waals surface area contributed by atoms with Gasteiger partial charge >= 0.3 is 6.03 Å². The summed E-state index contributed by atoms with van der Waals surface area (Å²) in [6.07, 6.45) is 0.745. The van der Waals surface area contributed by atoms with E-state index in [-0.39, 0.29) is 34.4 Å². The van der Waals surface area contributed by atoms with E-state index in [2.05, 4.69) is 10.2 Å². The summed E-state index contributed by atoms with van der Waals surface area (Å²) in [6.45, 7) is 10.1. The Morgan fingerprint density at radius 3 is 2.52 bits per heavy atom. The molecule has 0 aliphatic carbocycles. The van der Waals surface area contributed by atoms with Crippen LogP contribution >= 0.6 is 11.8 Å². The van der Waals surface area contributed by atoms with Crippen LogP contribution in [0.2, 0.25) is 0 Å². The van der Waals surface area contributed by atoms with Crippen molar-refractivity contribution in [3.8, 4) is 0 Å². The number of nitrogens with zero attached hydrogens (tertiary/aromatic N) is 3. The Kier molecular flexibility index (Phi) is 7.40. The van der Waals surface area contributed by atoms with Crippen molar-refractivity contribution in [3.63, 3.8) is 0 Å². The van der Waals surface area contributed by atoms with Gasteiger partial charge in [0.25, 0.3) is 0 Å². The predicted molar refractivity (Wildman–Crippen MR) is 114 cm³/mol. The average molecular weight is 423 g/mol. The number of hydrogen-bond donors (Lipinski definition) is 1. The van der Waals surface area contributed by atoms with Crippen LogP contribution in [-0.2, 0) is 4.79 Å². The lowest BCUT2D eigenvalue weighted by Crippen LogP contribution is -2.53. The fourth-order valence-electron chi connectivity index (χ4n) is 3.76. The van der Waals surface area contributed by atoms with Crippen molar-refractivity contribution in [3.05, 3.63) is 35.6 Å². The normalized spacial score (nSPS) is 23.1. The highest BCUT2D eigenvalue weighted by Gasteiger charge is 2.41. The molecule has 3 rings (SSSR count). The van der Waals surface area contributed by atoms with Crippen LogP contribution in [-0.4, -0.2) is 77.2 Å². The molecule has 3 amide bonds.